The molecule has 2 heterocycles. The minimum absolute atomic E-state index is 0.118. The van der Waals surface area contributed by atoms with E-state index in [4.69, 9.17) is 4.74 Å². The van der Waals surface area contributed by atoms with Gasteiger partial charge in [-0.05, 0) is 43.6 Å². The molecule has 0 saturated carbocycles. The monoisotopic (exact) mass is 480 g/mol. The second-order valence-corrected chi connectivity index (χ2v) is 10.3. The van der Waals surface area contributed by atoms with Gasteiger partial charge >= 0.3 is 0 Å². The quantitative estimate of drug-likeness (QED) is 0.219. The summed E-state index contributed by atoms with van der Waals surface area (Å²) >= 11 is 0.760. The summed E-state index contributed by atoms with van der Waals surface area (Å²) in [5.74, 6) is 0.478. The average Bonchev–Trinajstić information content (AvgIpc) is 3.23. The zero-order valence-corrected chi connectivity index (χ0v) is 19.6. The van der Waals surface area contributed by atoms with Crippen molar-refractivity contribution < 1.29 is 17.9 Å². The zero-order valence-electron chi connectivity index (χ0n) is 18.0. The molecule has 174 valence electrons. The fraction of sp³-hybridized carbons (Fsp3) is 0.500. The molecule has 32 heavy (non-hydrogen) atoms. The van der Waals surface area contributed by atoms with Gasteiger partial charge in [0, 0.05) is 26.4 Å². The normalized spacial score (nSPS) is 15.0. The summed E-state index contributed by atoms with van der Waals surface area (Å²) in [6, 6.07) is 8.14. The highest BCUT2D eigenvalue weighted by molar-refractivity contribution is 7.92. The minimum Gasteiger partial charge on any atom is -0.494 e. The van der Waals surface area contributed by atoms with Crippen LogP contribution in [0.3, 0.4) is 0 Å². The molecule has 10 nitrogen and oxygen atoms in total. The number of nitrogens with one attached hydrogen (secondary N) is 2. The molecule has 0 radical (unpaired) electrons. The van der Waals surface area contributed by atoms with Crippen molar-refractivity contribution in [2.75, 3.05) is 31.6 Å². The molecule has 1 amide bonds. The van der Waals surface area contributed by atoms with E-state index < -0.39 is 10.0 Å². The van der Waals surface area contributed by atoms with Crippen molar-refractivity contribution in [2.24, 2.45) is 4.99 Å². The van der Waals surface area contributed by atoms with Crippen LogP contribution in [0, 0.1) is 0 Å². The summed E-state index contributed by atoms with van der Waals surface area (Å²) in [6.45, 7) is 5.45. The predicted molar refractivity (Wildman–Crippen MR) is 124 cm³/mol. The number of aliphatic imine (C=N–C) groups is 1. The van der Waals surface area contributed by atoms with Gasteiger partial charge in [-0.2, -0.15) is 8.42 Å². The van der Waals surface area contributed by atoms with Crippen LogP contribution in [0.2, 0.25) is 0 Å². The highest BCUT2D eigenvalue weighted by atomic mass is 32.2. The Hall–Kier alpha value is -2.57. The molecule has 0 unspecified atom stereocenters. The summed E-state index contributed by atoms with van der Waals surface area (Å²) in [5.41, 5.74) is 1.25. The number of hydrogen-bond acceptors (Lipinski definition) is 9. The second-order valence-electron chi connectivity index (χ2n) is 7.40. The summed E-state index contributed by atoms with van der Waals surface area (Å²) in [5, 5.41) is 9.68. The van der Waals surface area contributed by atoms with Crippen molar-refractivity contribution in [1.82, 2.24) is 19.8 Å². The number of amides is 1. The Kier molecular flexibility index (Phi) is 8.94. The highest BCUT2D eigenvalue weighted by Gasteiger charge is 2.19. The summed E-state index contributed by atoms with van der Waals surface area (Å²) in [6.07, 6.45) is 5.62. The van der Waals surface area contributed by atoms with E-state index in [1.807, 2.05) is 12.1 Å². The molecule has 2 N–H and O–H groups in total. The molecule has 1 aliphatic heterocycles. The molecule has 1 aliphatic rings. The Balaban J connectivity index is 1.36. The molecular weight excluding hydrogens is 452 g/mol. The Morgan fingerprint density at radius 2 is 2.09 bits per heavy atom. The van der Waals surface area contributed by atoms with Crippen molar-refractivity contribution in [3.05, 3.63) is 29.8 Å². The SMILES string of the molecule is CC(=O)Nc1nnc(S(=O)(=O)N/C=N/CCCOc2cccc(CN3CCCCC3)c2)s1. The molecular formula is C20H28N6O4S2. The van der Waals surface area contributed by atoms with E-state index >= 15 is 0 Å². The van der Waals surface area contributed by atoms with Gasteiger partial charge in [-0.15, -0.1) is 10.2 Å². The maximum absolute atomic E-state index is 12.1. The first-order valence-electron chi connectivity index (χ1n) is 10.5. The zero-order chi connectivity index (χ0) is 22.8. The third-order valence-corrected chi connectivity index (χ3v) is 7.17. The summed E-state index contributed by atoms with van der Waals surface area (Å²) in [4.78, 5) is 17.5. The fourth-order valence-corrected chi connectivity index (χ4v) is 5.00. The van der Waals surface area contributed by atoms with Crippen LogP contribution in [-0.2, 0) is 21.4 Å². The molecule has 12 heteroatoms. The molecule has 2 aromatic rings. The number of carbonyl (C=O) groups is 1. The van der Waals surface area contributed by atoms with Crippen LogP contribution in [0.25, 0.3) is 0 Å². The van der Waals surface area contributed by atoms with E-state index in [-0.39, 0.29) is 15.4 Å². The maximum Gasteiger partial charge on any atom is 0.291 e. The molecule has 1 aromatic heterocycles. The van der Waals surface area contributed by atoms with Crippen molar-refractivity contribution in [3.8, 4) is 5.75 Å². The largest absolute Gasteiger partial charge is 0.494 e. The Bertz CT molecular complexity index is 1020. The molecule has 1 fully saturated rings. The number of rotatable bonds is 11. The number of carbonyl (C=O) groups excluding carboxylic acids is 1. The average molecular weight is 481 g/mol. The molecule has 0 spiro atoms. The molecule has 0 aliphatic carbocycles. The first kappa shape index (κ1) is 24.1. The molecule has 0 bridgehead atoms. The Morgan fingerprint density at radius 3 is 2.88 bits per heavy atom. The third-order valence-electron chi connectivity index (χ3n) is 4.67. The maximum atomic E-state index is 12.1. The lowest BCUT2D eigenvalue weighted by molar-refractivity contribution is -0.114. The lowest BCUT2D eigenvalue weighted by Crippen LogP contribution is -2.29. The topological polar surface area (TPSA) is 126 Å². The third kappa shape index (κ3) is 7.84. The van der Waals surface area contributed by atoms with E-state index in [0.29, 0.717) is 19.6 Å². The van der Waals surface area contributed by atoms with Gasteiger partial charge in [0.1, 0.15) is 5.75 Å². The van der Waals surface area contributed by atoms with Crippen molar-refractivity contribution in [2.45, 2.75) is 43.5 Å². The summed E-state index contributed by atoms with van der Waals surface area (Å²) < 4.78 is 32.1. The predicted octanol–water partition coefficient (Wildman–Crippen LogP) is 2.26. The number of likely N-dealkylation sites (tertiary alicyclic amines) is 1. The second kappa shape index (κ2) is 11.9. The van der Waals surface area contributed by atoms with E-state index in [1.165, 1.54) is 31.7 Å². The van der Waals surface area contributed by atoms with Gasteiger partial charge in [0.15, 0.2) is 0 Å². The first-order valence-corrected chi connectivity index (χ1v) is 12.8. The lowest BCUT2D eigenvalue weighted by Gasteiger charge is -2.26. The van der Waals surface area contributed by atoms with Crippen LogP contribution in [-0.4, -0.2) is 62.0 Å². The number of anilines is 1. The van der Waals surface area contributed by atoms with Crippen LogP contribution >= 0.6 is 11.3 Å². The van der Waals surface area contributed by atoms with Crippen LogP contribution in [0.5, 0.6) is 5.75 Å². The Morgan fingerprint density at radius 1 is 1.28 bits per heavy atom. The molecule has 1 saturated heterocycles. The number of sulfonamides is 1. The van der Waals surface area contributed by atoms with Crippen molar-refractivity contribution in [1.29, 1.82) is 0 Å². The number of benzene rings is 1. The van der Waals surface area contributed by atoms with Gasteiger partial charge in [0.25, 0.3) is 14.4 Å². The lowest BCUT2D eigenvalue weighted by atomic mass is 10.1. The van der Waals surface area contributed by atoms with Gasteiger partial charge in [0.2, 0.25) is 11.0 Å². The van der Waals surface area contributed by atoms with Gasteiger partial charge in [-0.3, -0.25) is 19.4 Å². The molecule has 3 rings (SSSR count). The number of nitrogens with zero attached hydrogens (tertiary/aromatic N) is 4. The van der Waals surface area contributed by atoms with E-state index in [2.05, 4.69) is 42.3 Å². The van der Waals surface area contributed by atoms with E-state index in [0.717, 1.165) is 43.1 Å². The highest BCUT2D eigenvalue weighted by Crippen LogP contribution is 2.19. The van der Waals surface area contributed by atoms with Crippen LogP contribution in [0.1, 0.15) is 38.2 Å². The number of aromatic nitrogens is 2. The Labute approximate surface area is 192 Å². The van der Waals surface area contributed by atoms with E-state index in [1.54, 1.807) is 0 Å². The minimum atomic E-state index is -3.87. The van der Waals surface area contributed by atoms with Gasteiger partial charge in [-0.25, -0.2) is 0 Å². The number of piperidine rings is 1. The van der Waals surface area contributed by atoms with Crippen LogP contribution < -0.4 is 14.8 Å². The number of ether oxygens (including phenoxy) is 1. The van der Waals surface area contributed by atoms with Gasteiger partial charge in [-0.1, -0.05) is 29.9 Å². The molecule has 0 atom stereocenters. The molecule has 1 aromatic carbocycles. The van der Waals surface area contributed by atoms with Gasteiger partial charge < -0.3 is 10.1 Å². The summed E-state index contributed by atoms with van der Waals surface area (Å²) in [7, 11) is -3.87. The van der Waals surface area contributed by atoms with Crippen LogP contribution in [0.4, 0.5) is 5.13 Å². The van der Waals surface area contributed by atoms with Crippen molar-refractivity contribution >= 4 is 38.7 Å². The first-order chi connectivity index (χ1) is 15.4. The standard InChI is InChI=1S/C20H28N6O4S2/c1-16(27)23-19-24-25-20(31-19)32(28,29)22-15-21-9-6-12-30-18-8-5-7-17(13-18)14-26-10-3-2-4-11-26/h5,7-8,13,15H,2-4,6,9-12,14H2,1H3,(H,21,22)(H,23,24,27). The fourth-order valence-electron chi connectivity index (χ4n) is 3.20. The van der Waals surface area contributed by atoms with Gasteiger partial charge in [0.05, 0.1) is 12.9 Å². The van der Waals surface area contributed by atoms with Crippen LogP contribution in [0.15, 0.2) is 33.6 Å². The van der Waals surface area contributed by atoms with Crippen molar-refractivity contribution in [3.63, 3.8) is 0 Å². The smallest absolute Gasteiger partial charge is 0.291 e. The van der Waals surface area contributed by atoms with E-state index in [9.17, 15) is 13.2 Å². The number of hydrogen-bond donors (Lipinski definition) is 2.